The molecule has 0 aliphatic carbocycles. The lowest BCUT2D eigenvalue weighted by atomic mass is 10.1. The SMILES string of the molecule is O=C(NCc1ccc(NC(=O)c2cccnc2)cc1)c1ccc(-n2cccc2)cc1. The minimum atomic E-state index is -0.215. The van der Waals surface area contributed by atoms with Gasteiger partial charge >= 0.3 is 0 Å². The van der Waals surface area contributed by atoms with Crippen LogP contribution in [0.4, 0.5) is 5.69 Å². The van der Waals surface area contributed by atoms with E-state index >= 15 is 0 Å². The Balaban J connectivity index is 1.31. The number of aromatic nitrogens is 2. The van der Waals surface area contributed by atoms with E-state index in [9.17, 15) is 9.59 Å². The summed E-state index contributed by atoms with van der Waals surface area (Å²) in [7, 11) is 0. The summed E-state index contributed by atoms with van der Waals surface area (Å²) in [5, 5.41) is 5.74. The van der Waals surface area contributed by atoms with Gasteiger partial charge in [0.15, 0.2) is 0 Å². The molecule has 148 valence electrons. The van der Waals surface area contributed by atoms with Gasteiger partial charge in [0.25, 0.3) is 11.8 Å². The van der Waals surface area contributed by atoms with Crippen LogP contribution in [0.5, 0.6) is 0 Å². The van der Waals surface area contributed by atoms with E-state index in [1.54, 1.807) is 18.3 Å². The van der Waals surface area contributed by atoms with E-state index in [0.717, 1.165) is 11.3 Å². The minimum Gasteiger partial charge on any atom is -0.348 e. The van der Waals surface area contributed by atoms with Crippen LogP contribution < -0.4 is 10.6 Å². The van der Waals surface area contributed by atoms with Crippen molar-refractivity contribution in [1.82, 2.24) is 14.9 Å². The van der Waals surface area contributed by atoms with E-state index in [-0.39, 0.29) is 11.8 Å². The Morgan fingerprint density at radius 1 is 0.800 bits per heavy atom. The number of hydrogen-bond donors (Lipinski definition) is 2. The smallest absolute Gasteiger partial charge is 0.257 e. The van der Waals surface area contributed by atoms with Crippen molar-refractivity contribution in [2.45, 2.75) is 6.54 Å². The zero-order valence-electron chi connectivity index (χ0n) is 16.2. The molecule has 0 saturated heterocycles. The summed E-state index contributed by atoms with van der Waals surface area (Å²) in [6.07, 6.45) is 7.05. The minimum absolute atomic E-state index is 0.136. The monoisotopic (exact) mass is 396 g/mol. The number of nitrogens with one attached hydrogen (secondary N) is 2. The molecule has 0 radical (unpaired) electrons. The average Bonchev–Trinajstić information content (AvgIpc) is 3.34. The van der Waals surface area contributed by atoms with Gasteiger partial charge < -0.3 is 15.2 Å². The van der Waals surface area contributed by atoms with Gasteiger partial charge in [-0.25, -0.2) is 0 Å². The summed E-state index contributed by atoms with van der Waals surface area (Å²) in [6, 6.07) is 22.1. The summed E-state index contributed by atoms with van der Waals surface area (Å²) >= 11 is 0. The molecule has 4 rings (SSSR count). The van der Waals surface area contributed by atoms with Crippen molar-refractivity contribution in [2.24, 2.45) is 0 Å². The fraction of sp³-hybridized carbons (Fsp3) is 0.0417. The van der Waals surface area contributed by atoms with Crippen LogP contribution in [-0.4, -0.2) is 21.4 Å². The molecule has 0 saturated carbocycles. The number of pyridine rings is 1. The highest BCUT2D eigenvalue weighted by atomic mass is 16.2. The van der Waals surface area contributed by atoms with E-state index in [1.165, 1.54) is 6.20 Å². The van der Waals surface area contributed by atoms with Gasteiger partial charge in [-0.05, 0) is 66.2 Å². The highest BCUT2D eigenvalue weighted by Crippen LogP contribution is 2.13. The molecule has 2 heterocycles. The summed E-state index contributed by atoms with van der Waals surface area (Å²) < 4.78 is 1.98. The van der Waals surface area contributed by atoms with E-state index in [2.05, 4.69) is 15.6 Å². The predicted molar refractivity (Wildman–Crippen MR) is 116 cm³/mol. The maximum absolute atomic E-state index is 12.4. The van der Waals surface area contributed by atoms with Crippen LogP contribution in [0.2, 0.25) is 0 Å². The van der Waals surface area contributed by atoms with Gasteiger partial charge in [-0.3, -0.25) is 14.6 Å². The van der Waals surface area contributed by atoms with Gasteiger partial charge in [-0.2, -0.15) is 0 Å². The van der Waals surface area contributed by atoms with Crippen molar-refractivity contribution in [2.75, 3.05) is 5.32 Å². The first-order chi connectivity index (χ1) is 14.7. The summed E-state index contributed by atoms with van der Waals surface area (Å²) in [5.41, 5.74) is 3.72. The number of carbonyl (C=O) groups is 2. The first-order valence-corrected chi connectivity index (χ1v) is 9.51. The lowest BCUT2D eigenvalue weighted by Crippen LogP contribution is -2.22. The highest BCUT2D eigenvalue weighted by molar-refractivity contribution is 6.04. The molecule has 2 aromatic carbocycles. The van der Waals surface area contributed by atoms with Crippen LogP contribution in [0.15, 0.2) is 97.6 Å². The van der Waals surface area contributed by atoms with Crippen LogP contribution in [0.25, 0.3) is 5.69 Å². The van der Waals surface area contributed by atoms with E-state index in [4.69, 9.17) is 0 Å². The van der Waals surface area contributed by atoms with Gasteiger partial charge in [0, 0.05) is 48.3 Å². The van der Waals surface area contributed by atoms with Gasteiger partial charge in [-0.15, -0.1) is 0 Å². The summed E-state index contributed by atoms with van der Waals surface area (Å²) in [4.78, 5) is 28.5. The lowest BCUT2D eigenvalue weighted by molar-refractivity contribution is 0.0950. The average molecular weight is 396 g/mol. The molecule has 0 bridgehead atoms. The quantitative estimate of drug-likeness (QED) is 0.516. The molecule has 0 unspecified atom stereocenters. The molecule has 30 heavy (non-hydrogen) atoms. The zero-order valence-corrected chi connectivity index (χ0v) is 16.2. The largest absolute Gasteiger partial charge is 0.348 e. The molecule has 0 aliphatic heterocycles. The molecule has 0 fully saturated rings. The maximum Gasteiger partial charge on any atom is 0.257 e. The van der Waals surface area contributed by atoms with Gasteiger partial charge in [0.05, 0.1) is 5.56 Å². The van der Waals surface area contributed by atoms with Crippen LogP contribution in [0.1, 0.15) is 26.3 Å². The number of anilines is 1. The Morgan fingerprint density at radius 2 is 1.53 bits per heavy atom. The number of amides is 2. The van der Waals surface area contributed by atoms with Crippen molar-refractivity contribution < 1.29 is 9.59 Å². The molecule has 6 heteroatoms. The fourth-order valence-electron chi connectivity index (χ4n) is 2.98. The predicted octanol–water partition coefficient (Wildman–Crippen LogP) is 4.05. The van der Waals surface area contributed by atoms with Crippen LogP contribution >= 0.6 is 0 Å². The topological polar surface area (TPSA) is 76.0 Å². The highest BCUT2D eigenvalue weighted by Gasteiger charge is 2.07. The molecular formula is C24H20N4O2. The molecule has 6 nitrogen and oxygen atoms in total. The first-order valence-electron chi connectivity index (χ1n) is 9.51. The van der Waals surface area contributed by atoms with E-state index < -0.39 is 0 Å². The van der Waals surface area contributed by atoms with Crippen LogP contribution in [0, 0.1) is 0 Å². The van der Waals surface area contributed by atoms with Gasteiger partial charge in [0.2, 0.25) is 0 Å². The zero-order chi connectivity index (χ0) is 20.8. The second-order valence-corrected chi connectivity index (χ2v) is 6.71. The Kier molecular flexibility index (Phi) is 5.66. The molecule has 0 spiro atoms. The lowest BCUT2D eigenvalue weighted by Gasteiger charge is -2.09. The molecule has 2 aromatic heterocycles. The van der Waals surface area contributed by atoms with Crippen molar-refractivity contribution in [1.29, 1.82) is 0 Å². The second-order valence-electron chi connectivity index (χ2n) is 6.71. The third-order valence-electron chi connectivity index (χ3n) is 4.62. The maximum atomic E-state index is 12.4. The van der Waals surface area contributed by atoms with Crippen LogP contribution in [0.3, 0.4) is 0 Å². The third-order valence-corrected chi connectivity index (χ3v) is 4.62. The third kappa shape index (κ3) is 4.62. The van der Waals surface area contributed by atoms with Crippen molar-refractivity contribution in [3.8, 4) is 5.69 Å². The van der Waals surface area contributed by atoms with E-state index in [0.29, 0.717) is 23.4 Å². The summed E-state index contributed by atoms with van der Waals surface area (Å²) in [6.45, 7) is 0.398. The second kappa shape index (κ2) is 8.87. The number of hydrogen-bond acceptors (Lipinski definition) is 3. The Morgan fingerprint density at radius 3 is 2.20 bits per heavy atom. The normalized spacial score (nSPS) is 10.4. The van der Waals surface area contributed by atoms with Crippen molar-refractivity contribution in [3.63, 3.8) is 0 Å². The van der Waals surface area contributed by atoms with Gasteiger partial charge in [0.1, 0.15) is 0 Å². The van der Waals surface area contributed by atoms with Crippen LogP contribution in [-0.2, 0) is 6.54 Å². The number of carbonyl (C=O) groups excluding carboxylic acids is 2. The molecule has 2 amide bonds. The number of benzene rings is 2. The van der Waals surface area contributed by atoms with Crippen molar-refractivity contribution in [3.05, 3.63) is 114 Å². The molecule has 0 aliphatic rings. The first kappa shape index (κ1) is 19.1. The number of rotatable bonds is 6. The Labute approximate surface area is 174 Å². The molecule has 4 aromatic rings. The summed E-state index contributed by atoms with van der Waals surface area (Å²) in [5.74, 6) is -0.351. The number of nitrogens with zero attached hydrogens (tertiary/aromatic N) is 2. The van der Waals surface area contributed by atoms with Crippen molar-refractivity contribution >= 4 is 17.5 Å². The Bertz CT molecular complexity index is 1120. The molecule has 2 N–H and O–H groups in total. The Hall–Kier alpha value is -4.19. The van der Waals surface area contributed by atoms with Gasteiger partial charge in [-0.1, -0.05) is 12.1 Å². The molecular weight excluding hydrogens is 376 g/mol. The standard InChI is InChI=1S/C24H20N4O2/c29-23(19-7-11-22(12-8-19)28-14-1-2-15-28)26-16-18-5-9-21(10-6-18)27-24(30)20-4-3-13-25-17-20/h1-15,17H,16H2,(H,26,29)(H,27,30). The fourth-order valence-corrected chi connectivity index (χ4v) is 2.98. The molecule has 0 atom stereocenters. The van der Waals surface area contributed by atoms with E-state index in [1.807, 2.05) is 77.6 Å².